The fraction of sp³-hybridized carbons (Fsp3) is 0.333. The molecule has 6 nitrogen and oxygen atoms in total. The second-order valence-electron chi connectivity index (χ2n) is 4.95. The van der Waals surface area contributed by atoms with Crippen LogP contribution >= 0.6 is 0 Å². The summed E-state index contributed by atoms with van der Waals surface area (Å²) in [5.74, 6) is 0.123. The molecule has 1 aliphatic heterocycles. The number of para-hydroxylation sites is 1. The zero-order chi connectivity index (χ0) is 14.5. The molecule has 2 N–H and O–H groups in total. The molecule has 1 saturated heterocycles. The van der Waals surface area contributed by atoms with E-state index in [-0.39, 0.29) is 11.7 Å². The van der Waals surface area contributed by atoms with E-state index >= 15 is 0 Å². The maximum atomic E-state index is 12.0. The molecular formula is C15H17N3O3. The molecule has 1 amide bonds. The Balaban J connectivity index is 1.55. The number of aromatic nitrogens is 1. The first kappa shape index (κ1) is 13.6. The highest BCUT2D eigenvalue weighted by atomic mass is 16.5. The summed E-state index contributed by atoms with van der Waals surface area (Å²) in [5.41, 5.74) is 0.705. The Bertz CT molecular complexity index is 591. The zero-order valence-electron chi connectivity index (χ0n) is 11.5. The predicted molar refractivity (Wildman–Crippen MR) is 77.4 cm³/mol. The smallest absolute Gasteiger partial charge is 0.294 e. The van der Waals surface area contributed by atoms with Crippen molar-refractivity contribution in [2.75, 3.05) is 18.5 Å². The van der Waals surface area contributed by atoms with Crippen LogP contribution in [-0.2, 0) is 0 Å². The van der Waals surface area contributed by atoms with Gasteiger partial charge in [0.25, 0.3) is 11.8 Å². The summed E-state index contributed by atoms with van der Waals surface area (Å²) in [7, 11) is 0. The Morgan fingerprint density at radius 1 is 1.43 bits per heavy atom. The lowest BCUT2D eigenvalue weighted by molar-refractivity contribution is 0.0987. The van der Waals surface area contributed by atoms with E-state index in [1.165, 1.54) is 6.07 Å². The van der Waals surface area contributed by atoms with Gasteiger partial charge in [-0.25, -0.2) is 0 Å². The van der Waals surface area contributed by atoms with E-state index in [1.807, 2.05) is 18.2 Å². The number of hydrogen-bond donors (Lipinski definition) is 2. The molecule has 2 heterocycles. The normalized spacial score (nSPS) is 17.6. The number of benzene rings is 1. The number of carbonyl (C=O) groups is 1. The van der Waals surface area contributed by atoms with Gasteiger partial charge in [0.05, 0.1) is 6.07 Å². The second kappa shape index (κ2) is 6.41. The van der Waals surface area contributed by atoms with Gasteiger partial charge < -0.3 is 19.9 Å². The third-order valence-electron chi connectivity index (χ3n) is 3.34. The van der Waals surface area contributed by atoms with Crippen LogP contribution in [0.1, 0.15) is 23.4 Å². The molecule has 0 bridgehead atoms. The van der Waals surface area contributed by atoms with Gasteiger partial charge in [-0.1, -0.05) is 18.2 Å². The van der Waals surface area contributed by atoms with E-state index in [1.54, 1.807) is 12.1 Å². The van der Waals surface area contributed by atoms with Crippen molar-refractivity contribution in [1.29, 1.82) is 0 Å². The van der Waals surface area contributed by atoms with Crippen molar-refractivity contribution in [3.63, 3.8) is 0 Å². The summed E-state index contributed by atoms with van der Waals surface area (Å²) in [4.78, 5) is 12.0. The number of amides is 1. The highest BCUT2D eigenvalue weighted by Crippen LogP contribution is 2.15. The van der Waals surface area contributed by atoms with Gasteiger partial charge in [0.2, 0.25) is 5.76 Å². The molecule has 0 spiro atoms. The zero-order valence-corrected chi connectivity index (χ0v) is 11.5. The van der Waals surface area contributed by atoms with Gasteiger partial charge in [-0.15, -0.1) is 0 Å². The quantitative estimate of drug-likeness (QED) is 0.880. The Morgan fingerprint density at radius 3 is 3.05 bits per heavy atom. The highest BCUT2D eigenvalue weighted by Gasteiger charge is 2.17. The molecule has 0 unspecified atom stereocenters. The van der Waals surface area contributed by atoms with E-state index in [9.17, 15) is 4.79 Å². The maximum Gasteiger partial charge on any atom is 0.294 e. The Kier molecular flexibility index (Phi) is 4.16. The van der Waals surface area contributed by atoms with Crippen LogP contribution in [0, 0.1) is 0 Å². The van der Waals surface area contributed by atoms with Gasteiger partial charge in [-0.3, -0.25) is 4.79 Å². The van der Waals surface area contributed by atoms with E-state index < -0.39 is 0 Å². The van der Waals surface area contributed by atoms with Crippen LogP contribution < -0.4 is 15.4 Å². The van der Waals surface area contributed by atoms with Crippen molar-refractivity contribution >= 4 is 11.6 Å². The van der Waals surface area contributed by atoms with E-state index in [0.29, 0.717) is 24.2 Å². The van der Waals surface area contributed by atoms with Crippen LogP contribution in [0.4, 0.5) is 5.69 Å². The molecule has 21 heavy (non-hydrogen) atoms. The summed E-state index contributed by atoms with van der Waals surface area (Å²) in [6.45, 7) is 1.56. The third-order valence-corrected chi connectivity index (χ3v) is 3.34. The molecule has 0 radical (unpaired) electrons. The Hall–Kier alpha value is -2.34. The van der Waals surface area contributed by atoms with E-state index in [4.69, 9.17) is 9.26 Å². The molecular weight excluding hydrogens is 270 g/mol. The van der Waals surface area contributed by atoms with Crippen LogP contribution in [0.3, 0.4) is 0 Å². The summed E-state index contributed by atoms with van der Waals surface area (Å²) in [6.07, 6.45) is 2.26. The van der Waals surface area contributed by atoms with Gasteiger partial charge >= 0.3 is 0 Å². The Labute approximate surface area is 122 Å². The lowest BCUT2D eigenvalue weighted by Crippen LogP contribution is -2.28. The molecule has 6 heteroatoms. The van der Waals surface area contributed by atoms with Crippen LogP contribution in [0.5, 0.6) is 5.88 Å². The summed E-state index contributed by atoms with van der Waals surface area (Å²) in [5, 5.41) is 9.81. The largest absolute Gasteiger partial charge is 0.474 e. The molecule has 1 aromatic carbocycles. The van der Waals surface area contributed by atoms with Crippen molar-refractivity contribution in [3.05, 3.63) is 42.2 Å². The molecule has 3 rings (SSSR count). The lowest BCUT2D eigenvalue weighted by Gasteiger charge is -2.08. The highest BCUT2D eigenvalue weighted by molar-refractivity contribution is 6.02. The first-order valence-electron chi connectivity index (χ1n) is 7.00. The monoisotopic (exact) mass is 287 g/mol. The van der Waals surface area contributed by atoms with Gasteiger partial charge in [-0.2, -0.15) is 0 Å². The molecule has 2 aromatic rings. The summed E-state index contributed by atoms with van der Waals surface area (Å²) >= 11 is 0. The molecule has 0 saturated carbocycles. The topological polar surface area (TPSA) is 76.4 Å². The maximum absolute atomic E-state index is 12.0. The van der Waals surface area contributed by atoms with Crippen LogP contribution in [0.2, 0.25) is 0 Å². The third kappa shape index (κ3) is 3.61. The molecule has 110 valence electrons. The van der Waals surface area contributed by atoms with E-state index in [0.717, 1.165) is 19.4 Å². The van der Waals surface area contributed by atoms with Crippen molar-refractivity contribution in [2.45, 2.75) is 18.9 Å². The van der Waals surface area contributed by atoms with Gasteiger partial charge in [0, 0.05) is 11.7 Å². The fourth-order valence-corrected chi connectivity index (χ4v) is 2.23. The van der Waals surface area contributed by atoms with Crippen molar-refractivity contribution in [2.24, 2.45) is 0 Å². The lowest BCUT2D eigenvalue weighted by atomic mass is 10.2. The van der Waals surface area contributed by atoms with Gasteiger partial charge in [-0.05, 0) is 36.7 Å². The predicted octanol–water partition coefficient (Wildman–Crippen LogP) is 2.06. The molecule has 0 aliphatic carbocycles. The van der Waals surface area contributed by atoms with Crippen LogP contribution in [0.25, 0.3) is 0 Å². The number of nitrogens with zero attached hydrogens (tertiary/aromatic N) is 1. The number of carbonyl (C=O) groups excluding carboxylic acids is 1. The first-order chi connectivity index (χ1) is 10.3. The number of hydrogen-bond acceptors (Lipinski definition) is 5. The van der Waals surface area contributed by atoms with Crippen molar-refractivity contribution < 1.29 is 14.1 Å². The van der Waals surface area contributed by atoms with E-state index in [2.05, 4.69) is 15.8 Å². The van der Waals surface area contributed by atoms with Crippen molar-refractivity contribution in [1.82, 2.24) is 10.5 Å². The fourth-order valence-electron chi connectivity index (χ4n) is 2.23. The second-order valence-corrected chi connectivity index (χ2v) is 4.95. The minimum Gasteiger partial charge on any atom is -0.474 e. The summed E-state index contributed by atoms with van der Waals surface area (Å²) < 4.78 is 10.5. The minimum absolute atomic E-state index is 0.133. The summed E-state index contributed by atoms with van der Waals surface area (Å²) in [6, 6.07) is 11.0. The number of ether oxygens (including phenoxy) is 1. The number of rotatable bonds is 5. The first-order valence-corrected chi connectivity index (χ1v) is 7.00. The Morgan fingerprint density at radius 2 is 2.29 bits per heavy atom. The standard InChI is InChI=1S/C15H17N3O3/c19-15(17-11-5-2-1-3-6-11)13-9-14(18-21-13)20-10-12-7-4-8-16-12/h1-3,5-6,9,12,16H,4,7-8,10H2,(H,17,19)/t12-/m0/s1. The number of nitrogens with one attached hydrogen (secondary N) is 2. The van der Waals surface area contributed by atoms with Crippen molar-refractivity contribution in [3.8, 4) is 5.88 Å². The number of anilines is 1. The minimum atomic E-state index is -0.345. The van der Waals surface area contributed by atoms with Crippen LogP contribution in [0.15, 0.2) is 40.9 Å². The average molecular weight is 287 g/mol. The molecule has 1 atom stereocenters. The molecule has 1 fully saturated rings. The van der Waals surface area contributed by atoms with Gasteiger partial charge in [0.1, 0.15) is 6.61 Å². The van der Waals surface area contributed by atoms with Crippen LogP contribution in [-0.4, -0.2) is 30.3 Å². The van der Waals surface area contributed by atoms with Gasteiger partial charge in [0.15, 0.2) is 0 Å². The average Bonchev–Trinajstić information content (AvgIpc) is 3.18. The molecule has 1 aliphatic rings. The SMILES string of the molecule is O=C(Nc1ccccc1)c1cc(OC[C@@H]2CCCN2)no1. The molecule has 1 aromatic heterocycles.